The lowest BCUT2D eigenvalue weighted by Gasteiger charge is -2.22. The first-order valence-corrected chi connectivity index (χ1v) is 6.24. The fourth-order valence-corrected chi connectivity index (χ4v) is 2.93. The molecule has 2 unspecified atom stereocenters. The summed E-state index contributed by atoms with van der Waals surface area (Å²) in [5, 5.41) is 0. The van der Waals surface area contributed by atoms with Crippen molar-refractivity contribution in [2.24, 2.45) is 11.7 Å². The lowest BCUT2D eigenvalue weighted by atomic mass is 10.0. The second-order valence-electron chi connectivity index (χ2n) is 4.94. The number of hydrogen-bond acceptors (Lipinski definition) is 3. The molecular weight excluding hydrogens is 204 g/mol. The Balaban J connectivity index is 1.80. The summed E-state index contributed by atoms with van der Waals surface area (Å²) >= 11 is 0. The first kappa shape index (κ1) is 11.6. The van der Waals surface area contributed by atoms with Gasteiger partial charge in [-0.05, 0) is 45.2 Å². The summed E-state index contributed by atoms with van der Waals surface area (Å²) in [7, 11) is 0. The second-order valence-corrected chi connectivity index (χ2v) is 4.94. The van der Waals surface area contributed by atoms with E-state index in [0.29, 0.717) is 5.78 Å². The van der Waals surface area contributed by atoms with Gasteiger partial charge in [-0.15, -0.1) is 0 Å². The normalized spacial score (nSPS) is 31.1. The quantitative estimate of drug-likeness (QED) is 0.764. The van der Waals surface area contributed by atoms with Crippen molar-refractivity contribution in [3.8, 4) is 0 Å². The molecule has 1 saturated heterocycles. The Kier molecular flexibility index (Phi) is 3.59. The summed E-state index contributed by atoms with van der Waals surface area (Å²) < 4.78 is 0. The molecule has 4 nitrogen and oxygen atoms in total. The average Bonchev–Trinajstić information content (AvgIpc) is 2.83. The van der Waals surface area contributed by atoms with Gasteiger partial charge in [0.1, 0.15) is 5.78 Å². The maximum atomic E-state index is 11.5. The molecule has 4 heteroatoms. The van der Waals surface area contributed by atoms with Crippen LogP contribution in [-0.2, 0) is 9.59 Å². The van der Waals surface area contributed by atoms with Crippen LogP contribution in [0, 0.1) is 5.92 Å². The van der Waals surface area contributed by atoms with Crippen molar-refractivity contribution in [2.75, 3.05) is 13.1 Å². The Hall–Kier alpha value is -0.900. The van der Waals surface area contributed by atoms with Crippen LogP contribution in [0.1, 0.15) is 38.5 Å². The average molecular weight is 224 g/mol. The van der Waals surface area contributed by atoms with Crippen molar-refractivity contribution in [3.63, 3.8) is 0 Å². The predicted molar refractivity (Wildman–Crippen MR) is 60.8 cm³/mol. The maximum absolute atomic E-state index is 11.5. The largest absolute Gasteiger partial charge is 0.368 e. The van der Waals surface area contributed by atoms with Crippen molar-refractivity contribution in [1.82, 2.24) is 4.90 Å². The first-order chi connectivity index (χ1) is 7.68. The molecule has 2 atom stereocenters. The van der Waals surface area contributed by atoms with E-state index in [9.17, 15) is 9.59 Å². The lowest BCUT2D eigenvalue weighted by Crippen LogP contribution is -2.41. The van der Waals surface area contributed by atoms with Crippen LogP contribution in [0.25, 0.3) is 0 Å². The fraction of sp³-hybridized carbons (Fsp3) is 0.833. The highest BCUT2D eigenvalue weighted by atomic mass is 16.1. The number of primary amides is 1. The van der Waals surface area contributed by atoms with Gasteiger partial charge in [-0.3, -0.25) is 14.5 Å². The van der Waals surface area contributed by atoms with Crippen LogP contribution in [0.3, 0.4) is 0 Å². The van der Waals surface area contributed by atoms with E-state index >= 15 is 0 Å². The zero-order valence-corrected chi connectivity index (χ0v) is 9.65. The molecular formula is C12H20N2O2. The molecule has 0 bridgehead atoms. The number of nitrogens with two attached hydrogens (primary N) is 1. The number of rotatable bonds is 4. The van der Waals surface area contributed by atoms with Crippen molar-refractivity contribution in [2.45, 2.75) is 44.6 Å². The minimum atomic E-state index is -0.213. The topological polar surface area (TPSA) is 63.4 Å². The summed E-state index contributed by atoms with van der Waals surface area (Å²) in [6, 6.07) is -0.0866. The highest BCUT2D eigenvalue weighted by Gasteiger charge is 2.31. The number of ketones is 1. The smallest absolute Gasteiger partial charge is 0.234 e. The van der Waals surface area contributed by atoms with Gasteiger partial charge in [-0.2, -0.15) is 0 Å². The molecule has 1 saturated carbocycles. The van der Waals surface area contributed by atoms with Crippen molar-refractivity contribution in [1.29, 1.82) is 0 Å². The lowest BCUT2D eigenvalue weighted by molar-refractivity contribution is -0.122. The van der Waals surface area contributed by atoms with Crippen molar-refractivity contribution >= 4 is 11.7 Å². The van der Waals surface area contributed by atoms with Gasteiger partial charge in [-0.1, -0.05) is 0 Å². The van der Waals surface area contributed by atoms with E-state index < -0.39 is 0 Å². The van der Waals surface area contributed by atoms with Crippen LogP contribution < -0.4 is 5.73 Å². The van der Waals surface area contributed by atoms with Crippen LogP contribution in [0.15, 0.2) is 0 Å². The minimum absolute atomic E-state index is 0.0866. The number of carbonyl (C=O) groups is 2. The number of hydrogen-bond donors (Lipinski definition) is 1. The summed E-state index contributed by atoms with van der Waals surface area (Å²) in [4.78, 5) is 24.8. The van der Waals surface area contributed by atoms with Gasteiger partial charge < -0.3 is 5.73 Å². The molecule has 0 aromatic carbocycles. The third-order valence-electron chi connectivity index (χ3n) is 3.89. The van der Waals surface area contributed by atoms with Crippen molar-refractivity contribution in [3.05, 3.63) is 0 Å². The summed E-state index contributed by atoms with van der Waals surface area (Å²) in [6.45, 7) is 1.80. The Morgan fingerprint density at radius 2 is 2.19 bits per heavy atom. The van der Waals surface area contributed by atoms with E-state index in [4.69, 9.17) is 5.73 Å². The SMILES string of the molecule is NC(=O)C1CCCN1CCC1CCCC1=O. The fourth-order valence-electron chi connectivity index (χ4n) is 2.93. The molecule has 0 radical (unpaired) electrons. The summed E-state index contributed by atoms with van der Waals surface area (Å²) in [6.07, 6.45) is 5.67. The van der Waals surface area contributed by atoms with E-state index in [-0.39, 0.29) is 17.9 Å². The summed E-state index contributed by atoms with van der Waals surface area (Å²) in [5.41, 5.74) is 5.35. The zero-order valence-electron chi connectivity index (χ0n) is 9.65. The molecule has 1 aliphatic carbocycles. The molecule has 0 aromatic heterocycles. The van der Waals surface area contributed by atoms with E-state index in [2.05, 4.69) is 4.90 Å². The van der Waals surface area contributed by atoms with Gasteiger partial charge in [0.2, 0.25) is 5.91 Å². The Labute approximate surface area is 96.2 Å². The van der Waals surface area contributed by atoms with Crippen molar-refractivity contribution < 1.29 is 9.59 Å². The van der Waals surface area contributed by atoms with Gasteiger partial charge in [0.05, 0.1) is 6.04 Å². The van der Waals surface area contributed by atoms with E-state index in [1.165, 1.54) is 0 Å². The highest BCUT2D eigenvalue weighted by molar-refractivity contribution is 5.83. The number of likely N-dealkylation sites (tertiary alicyclic amines) is 1. The van der Waals surface area contributed by atoms with Gasteiger partial charge in [-0.25, -0.2) is 0 Å². The third kappa shape index (κ3) is 2.43. The number of carbonyl (C=O) groups excluding carboxylic acids is 2. The number of Topliss-reactive ketones (excluding diaryl/α,β-unsaturated/α-hetero) is 1. The standard InChI is InChI=1S/C12H20N2O2/c13-12(16)10-4-2-7-14(10)8-6-9-3-1-5-11(9)15/h9-10H,1-8H2,(H2,13,16). The van der Waals surface area contributed by atoms with Gasteiger partial charge in [0.15, 0.2) is 0 Å². The molecule has 16 heavy (non-hydrogen) atoms. The Morgan fingerprint density at radius 1 is 1.38 bits per heavy atom. The molecule has 2 N–H and O–H groups in total. The van der Waals surface area contributed by atoms with E-state index in [1.807, 2.05) is 0 Å². The minimum Gasteiger partial charge on any atom is -0.368 e. The molecule has 90 valence electrons. The van der Waals surface area contributed by atoms with Crippen LogP contribution in [-0.4, -0.2) is 35.7 Å². The monoisotopic (exact) mass is 224 g/mol. The summed E-state index contributed by atoms with van der Waals surface area (Å²) in [5.74, 6) is 0.444. The van der Waals surface area contributed by atoms with Crippen LogP contribution >= 0.6 is 0 Å². The van der Waals surface area contributed by atoms with Gasteiger partial charge in [0.25, 0.3) is 0 Å². The Bertz CT molecular complexity index is 291. The number of nitrogens with zero attached hydrogens (tertiary/aromatic N) is 1. The highest BCUT2D eigenvalue weighted by Crippen LogP contribution is 2.26. The third-order valence-corrected chi connectivity index (χ3v) is 3.89. The maximum Gasteiger partial charge on any atom is 0.234 e. The van der Waals surface area contributed by atoms with E-state index in [1.54, 1.807) is 0 Å². The van der Waals surface area contributed by atoms with Gasteiger partial charge in [0, 0.05) is 12.3 Å². The van der Waals surface area contributed by atoms with Crippen LogP contribution in [0.4, 0.5) is 0 Å². The van der Waals surface area contributed by atoms with Crippen LogP contribution in [0.2, 0.25) is 0 Å². The predicted octanol–water partition coefficient (Wildman–Crippen LogP) is 0.695. The molecule has 2 aliphatic rings. The molecule has 0 aromatic rings. The molecule has 2 rings (SSSR count). The molecule has 2 fully saturated rings. The van der Waals surface area contributed by atoms with Crippen LogP contribution in [0.5, 0.6) is 0 Å². The second kappa shape index (κ2) is 4.95. The number of amides is 1. The molecule has 1 amide bonds. The molecule has 1 heterocycles. The zero-order chi connectivity index (χ0) is 11.5. The van der Waals surface area contributed by atoms with E-state index in [0.717, 1.165) is 51.6 Å². The molecule has 0 spiro atoms. The van der Waals surface area contributed by atoms with Gasteiger partial charge >= 0.3 is 0 Å². The molecule has 1 aliphatic heterocycles. The first-order valence-electron chi connectivity index (χ1n) is 6.24. The Morgan fingerprint density at radius 3 is 2.81 bits per heavy atom.